The zero-order chi connectivity index (χ0) is 13.2. The normalized spacial score (nSPS) is 12.5. The van der Waals surface area contributed by atoms with Crippen LogP contribution in [0.3, 0.4) is 0 Å². The summed E-state index contributed by atoms with van der Waals surface area (Å²) in [7, 11) is 1.68. The fourth-order valence-corrected chi connectivity index (χ4v) is 2.90. The SMILES string of the molecule is COc1ccc2cc([C@H](N)c3ccsc3)ccc2c1. The molecule has 0 amide bonds. The van der Waals surface area contributed by atoms with Crippen molar-refractivity contribution in [2.45, 2.75) is 6.04 Å². The maximum absolute atomic E-state index is 6.29. The first-order chi connectivity index (χ1) is 9.28. The molecule has 3 aromatic rings. The summed E-state index contributed by atoms with van der Waals surface area (Å²) < 4.78 is 5.24. The zero-order valence-corrected chi connectivity index (χ0v) is 11.5. The zero-order valence-electron chi connectivity index (χ0n) is 10.7. The predicted molar refractivity (Wildman–Crippen MR) is 80.8 cm³/mol. The Kier molecular flexibility index (Phi) is 3.23. The van der Waals surface area contributed by atoms with Crippen molar-refractivity contribution in [1.82, 2.24) is 0 Å². The number of hydrogen-bond donors (Lipinski definition) is 1. The molecule has 0 aliphatic carbocycles. The number of hydrogen-bond acceptors (Lipinski definition) is 3. The van der Waals surface area contributed by atoms with Gasteiger partial charge in [0.2, 0.25) is 0 Å². The molecule has 0 bridgehead atoms. The quantitative estimate of drug-likeness (QED) is 0.781. The van der Waals surface area contributed by atoms with Gasteiger partial charge in [0.05, 0.1) is 13.2 Å². The molecule has 0 aliphatic heterocycles. The summed E-state index contributed by atoms with van der Waals surface area (Å²) in [5.74, 6) is 0.877. The number of benzene rings is 2. The van der Waals surface area contributed by atoms with Crippen molar-refractivity contribution < 1.29 is 4.74 Å². The van der Waals surface area contributed by atoms with Crippen molar-refractivity contribution in [2.75, 3.05) is 7.11 Å². The Morgan fingerprint density at radius 1 is 1.00 bits per heavy atom. The highest BCUT2D eigenvalue weighted by Crippen LogP contribution is 2.27. The molecule has 2 nitrogen and oxygen atoms in total. The minimum absolute atomic E-state index is 0.0576. The molecule has 0 aliphatic rings. The van der Waals surface area contributed by atoms with Gasteiger partial charge in [-0.1, -0.05) is 18.2 Å². The molecule has 0 saturated heterocycles. The van der Waals surface area contributed by atoms with Gasteiger partial charge in [0.25, 0.3) is 0 Å². The second-order valence-electron chi connectivity index (χ2n) is 4.51. The summed E-state index contributed by atoms with van der Waals surface area (Å²) in [6.45, 7) is 0. The molecule has 2 aromatic carbocycles. The Balaban J connectivity index is 2.02. The van der Waals surface area contributed by atoms with E-state index >= 15 is 0 Å². The van der Waals surface area contributed by atoms with Gasteiger partial charge in [0, 0.05) is 0 Å². The molecule has 3 heteroatoms. The van der Waals surface area contributed by atoms with Crippen molar-refractivity contribution in [3.8, 4) is 5.75 Å². The molecule has 19 heavy (non-hydrogen) atoms. The van der Waals surface area contributed by atoms with Gasteiger partial charge >= 0.3 is 0 Å². The van der Waals surface area contributed by atoms with Crippen LogP contribution in [0.25, 0.3) is 10.8 Å². The van der Waals surface area contributed by atoms with Crippen LogP contribution >= 0.6 is 11.3 Å². The molecule has 0 fully saturated rings. The molecule has 1 aromatic heterocycles. The van der Waals surface area contributed by atoms with Crippen LogP contribution in [0.2, 0.25) is 0 Å². The van der Waals surface area contributed by atoms with Crippen molar-refractivity contribution in [1.29, 1.82) is 0 Å². The molecule has 0 saturated carbocycles. The highest BCUT2D eigenvalue weighted by atomic mass is 32.1. The van der Waals surface area contributed by atoms with Gasteiger partial charge in [-0.25, -0.2) is 0 Å². The van der Waals surface area contributed by atoms with E-state index in [4.69, 9.17) is 10.5 Å². The van der Waals surface area contributed by atoms with Crippen LogP contribution in [0, 0.1) is 0 Å². The van der Waals surface area contributed by atoms with E-state index in [0.717, 1.165) is 16.9 Å². The lowest BCUT2D eigenvalue weighted by Crippen LogP contribution is -2.10. The van der Waals surface area contributed by atoms with E-state index in [9.17, 15) is 0 Å². The van der Waals surface area contributed by atoms with E-state index in [1.54, 1.807) is 18.4 Å². The Hall–Kier alpha value is -1.84. The standard InChI is InChI=1S/C16H15NOS/c1-18-15-5-4-11-8-13(3-2-12(11)9-15)16(17)14-6-7-19-10-14/h2-10,16H,17H2,1H3/t16-/m0/s1. The Labute approximate surface area is 116 Å². The van der Waals surface area contributed by atoms with Crippen molar-refractivity contribution in [2.24, 2.45) is 5.73 Å². The van der Waals surface area contributed by atoms with Crippen LogP contribution in [-0.2, 0) is 0 Å². The molecule has 2 N–H and O–H groups in total. The third-order valence-electron chi connectivity index (χ3n) is 3.33. The number of thiophene rings is 1. The molecule has 1 heterocycles. The fraction of sp³-hybridized carbons (Fsp3) is 0.125. The van der Waals surface area contributed by atoms with Gasteiger partial charge in [-0.15, -0.1) is 0 Å². The Bertz CT molecular complexity index is 691. The molecule has 96 valence electrons. The van der Waals surface area contributed by atoms with Gasteiger partial charge < -0.3 is 10.5 Å². The van der Waals surface area contributed by atoms with Crippen LogP contribution in [0.4, 0.5) is 0 Å². The van der Waals surface area contributed by atoms with Gasteiger partial charge in [-0.05, 0) is 56.9 Å². The Morgan fingerprint density at radius 3 is 2.53 bits per heavy atom. The van der Waals surface area contributed by atoms with Gasteiger partial charge in [-0.2, -0.15) is 11.3 Å². The summed E-state index contributed by atoms with van der Waals surface area (Å²) in [6, 6.07) is 14.4. The summed E-state index contributed by atoms with van der Waals surface area (Å²) in [5, 5.41) is 6.51. The minimum Gasteiger partial charge on any atom is -0.497 e. The Morgan fingerprint density at radius 2 is 1.79 bits per heavy atom. The van der Waals surface area contributed by atoms with Crippen LogP contribution in [0.15, 0.2) is 53.2 Å². The molecule has 1 atom stereocenters. The summed E-state index contributed by atoms with van der Waals surface area (Å²) >= 11 is 1.67. The second-order valence-corrected chi connectivity index (χ2v) is 5.29. The first-order valence-electron chi connectivity index (χ1n) is 6.13. The number of nitrogens with two attached hydrogens (primary N) is 1. The van der Waals surface area contributed by atoms with Crippen LogP contribution in [-0.4, -0.2) is 7.11 Å². The minimum atomic E-state index is -0.0576. The van der Waals surface area contributed by atoms with Crippen molar-refractivity contribution in [3.05, 3.63) is 64.4 Å². The van der Waals surface area contributed by atoms with E-state index in [1.165, 1.54) is 10.8 Å². The third-order valence-corrected chi connectivity index (χ3v) is 4.03. The first-order valence-corrected chi connectivity index (χ1v) is 7.07. The lowest BCUT2D eigenvalue weighted by molar-refractivity contribution is 0.415. The van der Waals surface area contributed by atoms with E-state index < -0.39 is 0 Å². The average molecular weight is 269 g/mol. The summed E-state index contributed by atoms with van der Waals surface area (Å²) in [4.78, 5) is 0. The summed E-state index contributed by atoms with van der Waals surface area (Å²) in [5.41, 5.74) is 8.59. The molecule has 0 spiro atoms. The monoisotopic (exact) mass is 269 g/mol. The van der Waals surface area contributed by atoms with Gasteiger partial charge in [-0.3, -0.25) is 0 Å². The molecule has 0 unspecified atom stereocenters. The van der Waals surface area contributed by atoms with E-state index in [2.05, 4.69) is 41.1 Å². The lowest BCUT2D eigenvalue weighted by atomic mass is 9.99. The fourth-order valence-electron chi connectivity index (χ4n) is 2.21. The smallest absolute Gasteiger partial charge is 0.119 e. The first kappa shape index (κ1) is 12.2. The molecule has 0 radical (unpaired) electrons. The average Bonchev–Trinajstić information content (AvgIpc) is 2.99. The highest BCUT2D eigenvalue weighted by molar-refractivity contribution is 7.08. The number of methoxy groups -OCH3 is 1. The number of rotatable bonds is 3. The van der Waals surface area contributed by atoms with E-state index in [-0.39, 0.29) is 6.04 Å². The van der Waals surface area contributed by atoms with Crippen LogP contribution in [0.1, 0.15) is 17.2 Å². The maximum atomic E-state index is 6.29. The lowest BCUT2D eigenvalue weighted by Gasteiger charge is -2.12. The molecular formula is C16H15NOS. The molecule has 3 rings (SSSR count). The maximum Gasteiger partial charge on any atom is 0.119 e. The molecular weight excluding hydrogens is 254 g/mol. The van der Waals surface area contributed by atoms with E-state index in [1.807, 2.05) is 12.1 Å². The second kappa shape index (κ2) is 5.03. The van der Waals surface area contributed by atoms with Gasteiger partial charge in [0.15, 0.2) is 0 Å². The van der Waals surface area contributed by atoms with Crippen LogP contribution < -0.4 is 10.5 Å². The third kappa shape index (κ3) is 2.35. The predicted octanol–water partition coefficient (Wildman–Crippen LogP) is 3.96. The van der Waals surface area contributed by atoms with Crippen molar-refractivity contribution >= 4 is 22.1 Å². The topological polar surface area (TPSA) is 35.2 Å². The summed E-state index contributed by atoms with van der Waals surface area (Å²) in [6.07, 6.45) is 0. The highest BCUT2D eigenvalue weighted by Gasteiger charge is 2.09. The van der Waals surface area contributed by atoms with Gasteiger partial charge in [0.1, 0.15) is 5.75 Å². The van der Waals surface area contributed by atoms with Crippen LogP contribution in [0.5, 0.6) is 5.75 Å². The van der Waals surface area contributed by atoms with E-state index in [0.29, 0.717) is 0 Å². The van der Waals surface area contributed by atoms with Crippen molar-refractivity contribution in [3.63, 3.8) is 0 Å². The largest absolute Gasteiger partial charge is 0.497 e. The number of fused-ring (bicyclic) bond motifs is 1. The number of ether oxygens (including phenoxy) is 1.